The number of ether oxygens (including phenoxy) is 1. The lowest BCUT2D eigenvalue weighted by molar-refractivity contribution is 0.0508. The second-order valence-corrected chi connectivity index (χ2v) is 8.80. The third-order valence-electron chi connectivity index (χ3n) is 4.87. The van der Waals surface area contributed by atoms with Gasteiger partial charge < -0.3 is 15.0 Å². The first kappa shape index (κ1) is 21.0. The SMILES string of the molecule is COc1cc(Cl)cc(C(=O)NCC2(F)CCN(CCC(C)(C)C)CC2)c1. The van der Waals surface area contributed by atoms with Gasteiger partial charge in [0, 0.05) is 23.7 Å². The fraction of sp³-hybridized carbons (Fsp3) is 0.650. The Hall–Kier alpha value is -1.33. The van der Waals surface area contributed by atoms with E-state index in [4.69, 9.17) is 16.3 Å². The molecule has 0 saturated carbocycles. The van der Waals surface area contributed by atoms with E-state index in [1.54, 1.807) is 18.2 Å². The number of alkyl halides is 1. The Morgan fingerprint density at radius 1 is 1.31 bits per heavy atom. The highest BCUT2D eigenvalue weighted by atomic mass is 35.5. The van der Waals surface area contributed by atoms with Gasteiger partial charge in [0.1, 0.15) is 11.4 Å². The highest BCUT2D eigenvalue weighted by Gasteiger charge is 2.35. The summed E-state index contributed by atoms with van der Waals surface area (Å²) in [6.07, 6.45) is 1.98. The van der Waals surface area contributed by atoms with E-state index in [-0.39, 0.29) is 17.9 Å². The number of carbonyl (C=O) groups is 1. The Morgan fingerprint density at radius 2 is 1.96 bits per heavy atom. The molecular formula is C20H30ClFN2O2. The number of nitrogens with zero attached hydrogens (tertiary/aromatic N) is 1. The van der Waals surface area contributed by atoms with Crippen molar-refractivity contribution in [2.45, 2.75) is 45.7 Å². The zero-order valence-electron chi connectivity index (χ0n) is 16.2. The maximum absolute atomic E-state index is 15.0. The number of hydrogen-bond donors (Lipinski definition) is 1. The van der Waals surface area contributed by atoms with Crippen molar-refractivity contribution in [1.29, 1.82) is 0 Å². The monoisotopic (exact) mass is 384 g/mol. The molecule has 0 aromatic heterocycles. The van der Waals surface area contributed by atoms with Gasteiger partial charge in [-0.3, -0.25) is 4.79 Å². The Balaban J connectivity index is 1.84. The molecular weight excluding hydrogens is 355 g/mol. The van der Waals surface area contributed by atoms with Gasteiger partial charge in [-0.05, 0) is 49.4 Å². The molecule has 1 heterocycles. The molecule has 1 fully saturated rings. The van der Waals surface area contributed by atoms with E-state index < -0.39 is 5.67 Å². The van der Waals surface area contributed by atoms with E-state index >= 15 is 4.39 Å². The summed E-state index contributed by atoms with van der Waals surface area (Å²) in [4.78, 5) is 14.6. The molecule has 0 radical (unpaired) electrons. The van der Waals surface area contributed by atoms with Crippen LogP contribution in [0.1, 0.15) is 50.4 Å². The quantitative estimate of drug-likeness (QED) is 0.794. The van der Waals surface area contributed by atoms with Crippen LogP contribution in [0.2, 0.25) is 5.02 Å². The van der Waals surface area contributed by atoms with E-state index in [9.17, 15) is 4.79 Å². The van der Waals surface area contributed by atoms with Gasteiger partial charge in [-0.25, -0.2) is 4.39 Å². The minimum absolute atomic E-state index is 0.0216. The molecule has 1 N–H and O–H groups in total. The molecule has 0 spiro atoms. The maximum Gasteiger partial charge on any atom is 0.251 e. The van der Waals surface area contributed by atoms with Gasteiger partial charge in [-0.1, -0.05) is 32.4 Å². The van der Waals surface area contributed by atoms with Crippen LogP contribution >= 0.6 is 11.6 Å². The molecule has 0 atom stereocenters. The van der Waals surface area contributed by atoms with Crippen molar-refractivity contribution < 1.29 is 13.9 Å². The van der Waals surface area contributed by atoms with Crippen molar-refractivity contribution in [2.24, 2.45) is 5.41 Å². The normalized spacial score (nSPS) is 17.8. The van der Waals surface area contributed by atoms with Crippen LogP contribution in [0.5, 0.6) is 5.75 Å². The molecule has 1 aliphatic rings. The van der Waals surface area contributed by atoms with Crippen LogP contribution in [0.4, 0.5) is 4.39 Å². The smallest absolute Gasteiger partial charge is 0.251 e. The topological polar surface area (TPSA) is 41.6 Å². The fourth-order valence-corrected chi connectivity index (χ4v) is 3.23. The van der Waals surface area contributed by atoms with E-state index in [1.807, 2.05) is 0 Å². The summed E-state index contributed by atoms with van der Waals surface area (Å²) >= 11 is 5.99. The summed E-state index contributed by atoms with van der Waals surface area (Å²) in [6, 6.07) is 4.78. The number of piperidine rings is 1. The van der Waals surface area contributed by atoms with E-state index in [0.717, 1.165) is 26.1 Å². The number of methoxy groups -OCH3 is 1. The number of likely N-dealkylation sites (tertiary alicyclic amines) is 1. The van der Waals surface area contributed by atoms with Crippen LogP contribution in [0.25, 0.3) is 0 Å². The first-order valence-electron chi connectivity index (χ1n) is 9.14. The zero-order valence-corrected chi connectivity index (χ0v) is 17.0. The van der Waals surface area contributed by atoms with Crippen molar-refractivity contribution >= 4 is 17.5 Å². The number of carbonyl (C=O) groups excluding carboxylic acids is 1. The van der Waals surface area contributed by atoms with Crippen molar-refractivity contribution in [3.05, 3.63) is 28.8 Å². The molecule has 146 valence electrons. The molecule has 1 aliphatic heterocycles. The van der Waals surface area contributed by atoms with Gasteiger partial charge >= 0.3 is 0 Å². The minimum Gasteiger partial charge on any atom is -0.497 e. The molecule has 2 rings (SSSR count). The summed E-state index contributed by atoms with van der Waals surface area (Å²) in [7, 11) is 1.51. The van der Waals surface area contributed by atoms with Crippen LogP contribution < -0.4 is 10.1 Å². The number of rotatable bonds is 6. The third-order valence-corrected chi connectivity index (χ3v) is 5.08. The van der Waals surface area contributed by atoms with Crippen molar-refractivity contribution in [2.75, 3.05) is 33.3 Å². The molecule has 0 aliphatic carbocycles. The Morgan fingerprint density at radius 3 is 2.54 bits per heavy atom. The maximum atomic E-state index is 15.0. The fourth-order valence-electron chi connectivity index (χ4n) is 3.00. The zero-order chi connectivity index (χ0) is 19.4. The molecule has 1 saturated heterocycles. The van der Waals surface area contributed by atoms with E-state index in [1.165, 1.54) is 7.11 Å². The number of hydrogen-bond acceptors (Lipinski definition) is 3. The van der Waals surface area contributed by atoms with Gasteiger partial charge in [0.15, 0.2) is 0 Å². The Bertz CT molecular complexity index is 623. The molecule has 1 aromatic rings. The van der Waals surface area contributed by atoms with Crippen molar-refractivity contribution in [3.8, 4) is 5.75 Å². The Kier molecular flexibility index (Phi) is 6.92. The molecule has 4 nitrogen and oxygen atoms in total. The number of amides is 1. The lowest BCUT2D eigenvalue weighted by Gasteiger charge is -2.37. The van der Waals surface area contributed by atoms with Gasteiger partial charge in [0.25, 0.3) is 5.91 Å². The molecule has 0 unspecified atom stereocenters. The standard InChI is InChI=1S/C20H30ClFN2O2/c1-19(2,3)5-8-24-9-6-20(22,7-10-24)14-23-18(25)15-11-16(21)13-17(12-15)26-4/h11-13H,5-10,14H2,1-4H3,(H,23,25). The number of halogens is 2. The highest BCUT2D eigenvalue weighted by molar-refractivity contribution is 6.31. The predicted octanol–water partition coefficient (Wildman–Crippen LogP) is 4.32. The highest BCUT2D eigenvalue weighted by Crippen LogP contribution is 2.28. The summed E-state index contributed by atoms with van der Waals surface area (Å²) in [6.45, 7) is 9.13. The van der Waals surface area contributed by atoms with Gasteiger partial charge in [-0.2, -0.15) is 0 Å². The van der Waals surface area contributed by atoms with Crippen LogP contribution in [-0.4, -0.2) is 49.8 Å². The molecule has 0 bridgehead atoms. The van der Waals surface area contributed by atoms with Crippen LogP contribution in [0.3, 0.4) is 0 Å². The summed E-state index contributed by atoms with van der Waals surface area (Å²) < 4.78 is 20.1. The summed E-state index contributed by atoms with van der Waals surface area (Å²) in [5.74, 6) is 0.169. The second-order valence-electron chi connectivity index (χ2n) is 8.37. The van der Waals surface area contributed by atoms with Crippen LogP contribution in [0, 0.1) is 5.41 Å². The summed E-state index contributed by atoms with van der Waals surface area (Å²) in [5, 5.41) is 3.13. The second kappa shape index (κ2) is 8.57. The average molecular weight is 385 g/mol. The van der Waals surface area contributed by atoms with Gasteiger partial charge in [-0.15, -0.1) is 0 Å². The largest absolute Gasteiger partial charge is 0.497 e. The molecule has 1 aromatic carbocycles. The van der Waals surface area contributed by atoms with E-state index in [2.05, 4.69) is 31.0 Å². The van der Waals surface area contributed by atoms with Gasteiger partial charge in [0.05, 0.1) is 13.7 Å². The minimum atomic E-state index is -1.35. The van der Waals surface area contributed by atoms with Gasteiger partial charge in [0.2, 0.25) is 0 Å². The van der Waals surface area contributed by atoms with E-state index in [0.29, 0.717) is 29.2 Å². The van der Waals surface area contributed by atoms with Crippen molar-refractivity contribution in [3.63, 3.8) is 0 Å². The third kappa shape index (κ3) is 6.44. The molecule has 1 amide bonds. The number of nitrogens with one attached hydrogen (secondary N) is 1. The Labute approximate surface area is 161 Å². The average Bonchev–Trinajstić information content (AvgIpc) is 2.58. The van der Waals surface area contributed by atoms with Crippen molar-refractivity contribution in [1.82, 2.24) is 10.2 Å². The first-order valence-corrected chi connectivity index (χ1v) is 9.52. The molecule has 26 heavy (non-hydrogen) atoms. The first-order chi connectivity index (χ1) is 12.1. The lowest BCUT2D eigenvalue weighted by atomic mass is 9.90. The number of benzene rings is 1. The molecule has 6 heteroatoms. The predicted molar refractivity (Wildman–Crippen MR) is 104 cm³/mol. The van der Waals surface area contributed by atoms with Crippen LogP contribution in [-0.2, 0) is 0 Å². The lowest BCUT2D eigenvalue weighted by Crippen LogP contribution is -2.48. The summed E-state index contributed by atoms with van der Waals surface area (Å²) in [5.41, 5.74) is -0.687. The van der Waals surface area contributed by atoms with Crippen LogP contribution in [0.15, 0.2) is 18.2 Å².